The Labute approximate surface area is 117 Å². The molecular formula is C16H20BrF. The number of allylic oxidation sites excluding steroid dienone is 2. The van der Waals surface area contributed by atoms with Gasteiger partial charge in [-0.3, -0.25) is 4.39 Å². The van der Waals surface area contributed by atoms with Crippen LogP contribution in [0, 0.1) is 5.92 Å². The third-order valence-corrected chi connectivity index (χ3v) is 4.33. The molecule has 0 N–H and O–H groups in total. The molecule has 0 bridgehead atoms. The van der Waals surface area contributed by atoms with Gasteiger partial charge in [0, 0.05) is 4.47 Å². The Morgan fingerprint density at radius 2 is 1.78 bits per heavy atom. The van der Waals surface area contributed by atoms with Crippen molar-refractivity contribution in [3.8, 4) is 0 Å². The second-order valence-electron chi connectivity index (χ2n) is 5.07. The molecule has 98 valence electrons. The molecule has 1 aromatic rings. The number of rotatable bonds is 4. The summed E-state index contributed by atoms with van der Waals surface area (Å²) < 4.78 is 13.2. The number of hydrogen-bond donors (Lipinski definition) is 0. The van der Waals surface area contributed by atoms with Crippen molar-refractivity contribution in [2.45, 2.75) is 38.0 Å². The van der Waals surface area contributed by atoms with E-state index in [-0.39, 0.29) is 6.67 Å². The van der Waals surface area contributed by atoms with E-state index in [1.807, 2.05) is 6.08 Å². The summed E-state index contributed by atoms with van der Waals surface area (Å²) in [4.78, 5) is 0. The zero-order valence-electron chi connectivity index (χ0n) is 10.6. The van der Waals surface area contributed by atoms with Gasteiger partial charge in [0.2, 0.25) is 0 Å². The van der Waals surface area contributed by atoms with Crippen LogP contribution >= 0.6 is 15.9 Å². The molecule has 0 spiro atoms. The van der Waals surface area contributed by atoms with E-state index in [2.05, 4.69) is 46.3 Å². The number of hydrogen-bond acceptors (Lipinski definition) is 0. The van der Waals surface area contributed by atoms with Crippen molar-refractivity contribution in [2.75, 3.05) is 6.67 Å². The van der Waals surface area contributed by atoms with E-state index < -0.39 is 0 Å². The minimum atomic E-state index is -0.231. The fourth-order valence-electron chi connectivity index (χ4n) is 2.73. The maximum absolute atomic E-state index is 12.0. The van der Waals surface area contributed by atoms with Crippen molar-refractivity contribution < 1.29 is 4.39 Å². The number of halogens is 2. The van der Waals surface area contributed by atoms with Gasteiger partial charge in [0.05, 0.1) is 6.67 Å². The van der Waals surface area contributed by atoms with E-state index in [4.69, 9.17) is 0 Å². The van der Waals surface area contributed by atoms with Crippen LogP contribution in [0.3, 0.4) is 0 Å². The molecule has 0 unspecified atom stereocenters. The van der Waals surface area contributed by atoms with Crippen LogP contribution in [0.25, 0.3) is 0 Å². The first-order valence-electron chi connectivity index (χ1n) is 6.77. The van der Waals surface area contributed by atoms with Crippen LogP contribution in [0.2, 0.25) is 0 Å². The van der Waals surface area contributed by atoms with E-state index >= 15 is 0 Å². The summed E-state index contributed by atoms with van der Waals surface area (Å²) in [5.74, 6) is 1.38. The Hall–Kier alpha value is -0.630. The molecule has 1 aliphatic rings. The van der Waals surface area contributed by atoms with Gasteiger partial charge in [0.15, 0.2) is 0 Å². The Morgan fingerprint density at radius 3 is 2.39 bits per heavy atom. The third kappa shape index (κ3) is 3.94. The van der Waals surface area contributed by atoms with Crippen molar-refractivity contribution in [1.82, 2.24) is 0 Å². The topological polar surface area (TPSA) is 0 Å². The highest BCUT2D eigenvalue weighted by molar-refractivity contribution is 9.10. The van der Waals surface area contributed by atoms with E-state index in [9.17, 15) is 4.39 Å². The lowest BCUT2D eigenvalue weighted by Gasteiger charge is -2.27. The highest BCUT2D eigenvalue weighted by atomic mass is 79.9. The van der Waals surface area contributed by atoms with Gasteiger partial charge >= 0.3 is 0 Å². The molecule has 1 aromatic carbocycles. The largest absolute Gasteiger partial charge is 0.251 e. The molecule has 1 fully saturated rings. The smallest absolute Gasteiger partial charge is 0.0928 e. The standard InChI is InChI=1S/C16H20BrF/c17-16-10-8-15(9-11-16)14-6-4-13(5-7-14)3-1-2-12-18/h1,3,8-11,13-14H,2,4-7,12H2. The fourth-order valence-corrected chi connectivity index (χ4v) is 3.00. The molecule has 1 aliphatic carbocycles. The average molecular weight is 311 g/mol. The molecule has 2 rings (SSSR count). The lowest BCUT2D eigenvalue weighted by molar-refractivity contribution is 0.375. The molecule has 1 saturated carbocycles. The summed E-state index contributed by atoms with van der Waals surface area (Å²) in [6.45, 7) is -0.231. The molecule has 0 radical (unpaired) electrons. The molecule has 2 heteroatoms. The SMILES string of the molecule is FCCC=CC1CCC(c2ccc(Br)cc2)CC1. The van der Waals surface area contributed by atoms with Gasteiger partial charge in [0.25, 0.3) is 0 Å². The maximum atomic E-state index is 12.0. The third-order valence-electron chi connectivity index (χ3n) is 3.80. The predicted molar refractivity (Wildman–Crippen MR) is 78.6 cm³/mol. The van der Waals surface area contributed by atoms with Crippen LogP contribution in [0.1, 0.15) is 43.6 Å². The first-order chi connectivity index (χ1) is 8.79. The average Bonchev–Trinajstić information content (AvgIpc) is 2.41. The van der Waals surface area contributed by atoms with E-state index in [0.29, 0.717) is 18.3 Å². The normalized spacial score (nSPS) is 24.6. The van der Waals surface area contributed by atoms with E-state index in [1.54, 1.807) is 0 Å². The van der Waals surface area contributed by atoms with E-state index in [0.717, 1.165) is 4.47 Å². The van der Waals surface area contributed by atoms with Crippen molar-refractivity contribution in [3.05, 3.63) is 46.5 Å². The predicted octanol–water partition coefficient (Wildman–Crippen LogP) is 5.64. The zero-order chi connectivity index (χ0) is 12.8. The molecule has 0 heterocycles. The van der Waals surface area contributed by atoms with Crippen LogP contribution in [-0.4, -0.2) is 6.67 Å². The molecule has 0 atom stereocenters. The highest BCUT2D eigenvalue weighted by Gasteiger charge is 2.20. The number of benzene rings is 1. The van der Waals surface area contributed by atoms with Crippen LogP contribution in [0.15, 0.2) is 40.9 Å². The summed E-state index contributed by atoms with van der Waals surface area (Å²) in [5.41, 5.74) is 1.46. The molecular weight excluding hydrogens is 291 g/mol. The summed E-state index contributed by atoms with van der Waals surface area (Å²) in [6, 6.07) is 8.72. The second-order valence-corrected chi connectivity index (χ2v) is 5.98. The highest BCUT2D eigenvalue weighted by Crippen LogP contribution is 2.36. The minimum absolute atomic E-state index is 0.231. The Balaban J connectivity index is 1.84. The van der Waals surface area contributed by atoms with Gasteiger partial charge in [-0.25, -0.2) is 0 Å². The van der Waals surface area contributed by atoms with Gasteiger partial charge in [0.1, 0.15) is 0 Å². The molecule has 0 saturated heterocycles. The summed E-state index contributed by atoms with van der Waals surface area (Å²) >= 11 is 3.47. The van der Waals surface area contributed by atoms with Crippen molar-refractivity contribution in [1.29, 1.82) is 0 Å². The molecule has 18 heavy (non-hydrogen) atoms. The van der Waals surface area contributed by atoms with Crippen molar-refractivity contribution >= 4 is 15.9 Å². The first-order valence-corrected chi connectivity index (χ1v) is 7.57. The summed E-state index contributed by atoms with van der Waals surface area (Å²) in [7, 11) is 0. The van der Waals surface area contributed by atoms with Gasteiger partial charge in [-0.2, -0.15) is 0 Å². The Bertz CT molecular complexity index is 375. The second kappa shape index (κ2) is 7.08. The Morgan fingerprint density at radius 1 is 1.11 bits per heavy atom. The summed E-state index contributed by atoms with van der Waals surface area (Å²) in [6.07, 6.45) is 9.79. The molecule has 0 aliphatic heterocycles. The van der Waals surface area contributed by atoms with Crippen LogP contribution < -0.4 is 0 Å². The van der Waals surface area contributed by atoms with Crippen molar-refractivity contribution in [2.24, 2.45) is 5.92 Å². The molecule has 0 aromatic heterocycles. The zero-order valence-corrected chi connectivity index (χ0v) is 12.2. The van der Waals surface area contributed by atoms with Crippen LogP contribution in [-0.2, 0) is 0 Å². The fraction of sp³-hybridized carbons (Fsp3) is 0.500. The van der Waals surface area contributed by atoms with E-state index in [1.165, 1.54) is 31.2 Å². The van der Waals surface area contributed by atoms with Crippen molar-refractivity contribution in [3.63, 3.8) is 0 Å². The quantitative estimate of drug-likeness (QED) is 0.631. The van der Waals surface area contributed by atoms with Gasteiger partial charge < -0.3 is 0 Å². The van der Waals surface area contributed by atoms with Gasteiger partial charge in [-0.05, 0) is 61.6 Å². The monoisotopic (exact) mass is 310 g/mol. The lowest BCUT2D eigenvalue weighted by Crippen LogP contribution is -2.11. The maximum Gasteiger partial charge on any atom is 0.0928 e. The van der Waals surface area contributed by atoms with Gasteiger partial charge in [-0.15, -0.1) is 0 Å². The molecule has 0 amide bonds. The minimum Gasteiger partial charge on any atom is -0.251 e. The van der Waals surface area contributed by atoms with Gasteiger partial charge in [-0.1, -0.05) is 40.2 Å². The van der Waals surface area contributed by atoms with Crippen LogP contribution in [0.4, 0.5) is 4.39 Å². The lowest BCUT2D eigenvalue weighted by atomic mass is 9.78. The Kier molecular flexibility index (Phi) is 5.43. The number of alkyl halides is 1. The molecule has 0 nitrogen and oxygen atoms in total. The summed E-state index contributed by atoms with van der Waals surface area (Å²) in [5, 5.41) is 0. The first kappa shape index (κ1) is 13.8. The van der Waals surface area contributed by atoms with Crippen LogP contribution in [0.5, 0.6) is 0 Å².